The van der Waals surface area contributed by atoms with E-state index in [2.05, 4.69) is 25.7 Å². The van der Waals surface area contributed by atoms with Gasteiger partial charge in [0.2, 0.25) is 0 Å². The van der Waals surface area contributed by atoms with Gasteiger partial charge in [-0.05, 0) is 37.3 Å². The summed E-state index contributed by atoms with van der Waals surface area (Å²) in [7, 11) is 0. The zero-order valence-corrected chi connectivity index (χ0v) is 17.4. The van der Waals surface area contributed by atoms with Crippen molar-refractivity contribution < 1.29 is 0 Å². The monoisotopic (exact) mass is 393 g/mol. The number of nitrogens with zero attached hydrogens (tertiary/aromatic N) is 3. The zero-order valence-electron chi connectivity index (χ0n) is 15.9. The predicted molar refractivity (Wildman–Crippen MR) is 109 cm³/mol. The first-order chi connectivity index (χ1) is 12.2. The Bertz CT molecular complexity index is 905. The van der Waals surface area contributed by atoms with Gasteiger partial charge in [-0.1, -0.05) is 56.5 Å². The van der Waals surface area contributed by atoms with Crippen LogP contribution in [0.4, 0.5) is 5.82 Å². The predicted octanol–water partition coefficient (Wildman–Crippen LogP) is 5.03. The van der Waals surface area contributed by atoms with E-state index in [1.54, 1.807) is 22.8 Å². The molecule has 1 aromatic heterocycles. The number of rotatable bonds is 3. The summed E-state index contributed by atoms with van der Waals surface area (Å²) in [4.78, 5) is 20.2. The van der Waals surface area contributed by atoms with Crippen molar-refractivity contribution in [3.63, 3.8) is 0 Å². The molecule has 1 atom stereocenters. The molecule has 140 valence electrons. The Hall–Kier alpha value is -1.52. The first-order valence-corrected chi connectivity index (χ1v) is 9.72. The van der Waals surface area contributed by atoms with Crippen LogP contribution in [0.1, 0.15) is 38.6 Å². The van der Waals surface area contributed by atoms with Gasteiger partial charge in [0, 0.05) is 13.1 Å². The number of aromatic nitrogens is 2. The fourth-order valence-corrected chi connectivity index (χ4v) is 4.38. The van der Waals surface area contributed by atoms with E-state index >= 15 is 0 Å². The van der Waals surface area contributed by atoms with E-state index in [1.165, 1.54) is 0 Å². The molecule has 1 saturated heterocycles. The van der Waals surface area contributed by atoms with Gasteiger partial charge in [0.05, 0.1) is 21.3 Å². The second kappa shape index (κ2) is 6.90. The average molecular weight is 394 g/mol. The highest BCUT2D eigenvalue weighted by Gasteiger charge is 2.39. The number of hydrogen-bond acceptors (Lipinski definition) is 3. The number of hydrogen-bond donors (Lipinski definition) is 0. The van der Waals surface area contributed by atoms with Crippen LogP contribution in [0, 0.1) is 25.2 Å². The Balaban J connectivity index is 2.11. The molecule has 2 heterocycles. The van der Waals surface area contributed by atoms with E-state index in [0.717, 1.165) is 25.3 Å². The molecule has 1 aromatic carbocycles. The fourth-order valence-electron chi connectivity index (χ4n) is 4.00. The molecule has 0 bridgehead atoms. The Morgan fingerprint density at radius 2 is 1.96 bits per heavy atom. The van der Waals surface area contributed by atoms with Crippen LogP contribution in [0.5, 0.6) is 0 Å². The highest BCUT2D eigenvalue weighted by molar-refractivity contribution is 6.43. The molecule has 0 saturated carbocycles. The van der Waals surface area contributed by atoms with Crippen molar-refractivity contribution in [2.75, 3.05) is 18.0 Å². The van der Waals surface area contributed by atoms with E-state index < -0.39 is 0 Å². The van der Waals surface area contributed by atoms with Gasteiger partial charge in [-0.3, -0.25) is 9.36 Å². The van der Waals surface area contributed by atoms with E-state index in [1.807, 2.05) is 13.8 Å². The number of halogens is 2. The third kappa shape index (κ3) is 3.14. The molecule has 6 heteroatoms. The highest BCUT2D eigenvalue weighted by Crippen LogP contribution is 2.39. The Morgan fingerprint density at radius 3 is 2.58 bits per heavy atom. The van der Waals surface area contributed by atoms with Crippen molar-refractivity contribution >= 4 is 29.0 Å². The standard InChI is InChI=1S/C20H25Cl2N3O/c1-6-14-10-24(11-20(14,4)5)18-12(2)19(26)25(13(3)23-18)16-9-7-8-15(21)17(16)22/h7-9,14H,6,10-11H2,1-5H3. The molecular formula is C20H25Cl2N3O. The Morgan fingerprint density at radius 1 is 1.27 bits per heavy atom. The fraction of sp³-hybridized carbons (Fsp3) is 0.500. The third-order valence-electron chi connectivity index (χ3n) is 5.56. The Kier molecular flexibility index (Phi) is 5.11. The summed E-state index contributed by atoms with van der Waals surface area (Å²) in [6.45, 7) is 12.3. The van der Waals surface area contributed by atoms with Crippen molar-refractivity contribution in [2.45, 2.75) is 41.0 Å². The lowest BCUT2D eigenvalue weighted by Crippen LogP contribution is -2.31. The number of anilines is 1. The van der Waals surface area contributed by atoms with Crippen molar-refractivity contribution in [3.8, 4) is 5.69 Å². The van der Waals surface area contributed by atoms with Gasteiger partial charge in [-0.25, -0.2) is 4.98 Å². The molecule has 0 spiro atoms. The van der Waals surface area contributed by atoms with Crippen LogP contribution < -0.4 is 10.5 Å². The van der Waals surface area contributed by atoms with Crippen molar-refractivity contribution in [2.24, 2.45) is 11.3 Å². The van der Waals surface area contributed by atoms with Crippen LogP contribution in [-0.2, 0) is 0 Å². The minimum Gasteiger partial charge on any atom is -0.355 e. The molecule has 0 amide bonds. The molecule has 1 aliphatic heterocycles. The maximum absolute atomic E-state index is 13.1. The lowest BCUT2D eigenvalue weighted by molar-refractivity contribution is 0.282. The first kappa shape index (κ1) is 19.2. The van der Waals surface area contributed by atoms with Gasteiger partial charge in [-0.2, -0.15) is 0 Å². The summed E-state index contributed by atoms with van der Waals surface area (Å²) in [5.41, 5.74) is 1.31. The molecule has 2 aromatic rings. The molecule has 1 aliphatic rings. The molecule has 1 fully saturated rings. The maximum atomic E-state index is 13.1. The second-order valence-electron chi connectivity index (χ2n) is 7.80. The largest absolute Gasteiger partial charge is 0.355 e. The van der Waals surface area contributed by atoms with Crippen LogP contribution in [-0.4, -0.2) is 22.6 Å². The van der Waals surface area contributed by atoms with Crippen LogP contribution in [0.15, 0.2) is 23.0 Å². The summed E-state index contributed by atoms with van der Waals surface area (Å²) < 4.78 is 1.55. The van der Waals surface area contributed by atoms with E-state index in [9.17, 15) is 4.79 Å². The van der Waals surface area contributed by atoms with Gasteiger partial charge >= 0.3 is 0 Å². The van der Waals surface area contributed by atoms with E-state index in [0.29, 0.717) is 33.0 Å². The summed E-state index contributed by atoms with van der Waals surface area (Å²) in [6.07, 6.45) is 1.12. The molecule has 1 unspecified atom stereocenters. The summed E-state index contributed by atoms with van der Waals surface area (Å²) in [5.74, 6) is 1.98. The van der Waals surface area contributed by atoms with Crippen LogP contribution >= 0.6 is 23.2 Å². The molecule has 0 radical (unpaired) electrons. The highest BCUT2D eigenvalue weighted by atomic mass is 35.5. The molecule has 0 aliphatic carbocycles. The molecule has 26 heavy (non-hydrogen) atoms. The molecule has 4 nitrogen and oxygen atoms in total. The first-order valence-electron chi connectivity index (χ1n) is 8.97. The topological polar surface area (TPSA) is 38.1 Å². The summed E-state index contributed by atoms with van der Waals surface area (Å²) >= 11 is 12.5. The number of benzene rings is 1. The van der Waals surface area contributed by atoms with Crippen molar-refractivity contribution in [1.82, 2.24) is 9.55 Å². The van der Waals surface area contributed by atoms with Gasteiger partial charge in [0.15, 0.2) is 0 Å². The molecular weight excluding hydrogens is 369 g/mol. The van der Waals surface area contributed by atoms with Gasteiger partial charge in [0.25, 0.3) is 5.56 Å². The lowest BCUT2D eigenvalue weighted by Gasteiger charge is -2.24. The average Bonchev–Trinajstić information content (AvgIpc) is 2.89. The van der Waals surface area contributed by atoms with Gasteiger partial charge in [-0.15, -0.1) is 0 Å². The minimum absolute atomic E-state index is 0.102. The van der Waals surface area contributed by atoms with Gasteiger partial charge < -0.3 is 4.90 Å². The van der Waals surface area contributed by atoms with E-state index in [4.69, 9.17) is 28.2 Å². The normalized spacial score (nSPS) is 19.2. The lowest BCUT2D eigenvalue weighted by atomic mass is 9.81. The van der Waals surface area contributed by atoms with Crippen LogP contribution in [0.25, 0.3) is 5.69 Å². The zero-order chi connectivity index (χ0) is 19.2. The van der Waals surface area contributed by atoms with Crippen LogP contribution in [0.2, 0.25) is 10.0 Å². The smallest absolute Gasteiger partial charge is 0.263 e. The molecule has 3 rings (SSSR count). The van der Waals surface area contributed by atoms with Gasteiger partial charge in [0.1, 0.15) is 11.6 Å². The quantitative estimate of drug-likeness (QED) is 0.733. The van der Waals surface area contributed by atoms with Crippen molar-refractivity contribution in [3.05, 3.63) is 50.0 Å². The van der Waals surface area contributed by atoms with Crippen LogP contribution in [0.3, 0.4) is 0 Å². The maximum Gasteiger partial charge on any atom is 0.263 e. The second-order valence-corrected chi connectivity index (χ2v) is 8.58. The third-order valence-corrected chi connectivity index (χ3v) is 6.37. The minimum atomic E-state index is -0.102. The van der Waals surface area contributed by atoms with Crippen molar-refractivity contribution in [1.29, 1.82) is 0 Å². The molecule has 0 N–H and O–H groups in total. The summed E-state index contributed by atoms with van der Waals surface area (Å²) in [6, 6.07) is 5.28. The van der Waals surface area contributed by atoms with E-state index in [-0.39, 0.29) is 11.0 Å². The summed E-state index contributed by atoms with van der Waals surface area (Å²) in [5, 5.41) is 0.783. The SMILES string of the molecule is CCC1CN(c2nc(C)n(-c3cccc(Cl)c3Cl)c(=O)c2C)CC1(C)C. The Labute approximate surface area is 164 Å². The number of aryl methyl sites for hydroxylation is 1.